The van der Waals surface area contributed by atoms with Gasteiger partial charge in [0.15, 0.2) is 5.78 Å². The molecule has 38 heavy (non-hydrogen) atoms. The third-order valence-electron chi connectivity index (χ3n) is 8.77. The summed E-state index contributed by atoms with van der Waals surface area (Å²) in [6, 6.07) is 15.3. The van der Waals surface area contributed by atoms with E-state index in [0.717, 1.165) is 36.9 Å². The fourth-order valence-corrected chi connectivity index (χ4v) is 6.87. The van der Waals surface area contributed by atoms with Gasteiger partial charge in [0.05, 0.1) is 12.2 Å². The van der Waals surface area contributed by atoms with Crippen molar-refractivity contribution in [3.8, 4) is 11.8 Å². The van der Waals surface area contributed by atoms with E-state index in [1.807, 2.05) is 26.2 Å². The Balaban J connectivity index is 1.41. The van der Waals surface area contributed by atoms with Gasteiger partial charge in [-0.3, -0.25) is 4.79 Å². The van der Waals surface area contributed by atoms with Gasteiger partial charge in [0.2, 0.25) is 0 Å². The Labute approximate surface area is 224 Å². The van der Waals surface area contributed by atoms with Gasteiger partial charge in [-0.25, -0.2) is 4.39 Å². The van der Waals surface area contributed by atoms with E-state index >= 15 is 0 Å². The highest BCUT2D eigenvalue weighted by atomic mass is 19.1. The van der Waals surface area contributed by atoms with E-state index in [9.17, 15) is 9.18 Å². The molecule has 196 valence electrons. The molecule has 2 aliphatic carbocycles. The third-order valence-corrected chi connectivity index (χ3v) is 8.77. The zero-order valence-electron chi connectivity index (χ0n) is 22.1. The van der Waals surface area contributed by atoms with E-state index in [-0.39, 0.29) is 23.6 Å². The van der Waals surface area contributed by atoms with Gasteiger partial charge in [-0.05, 0) is 90.1 Å². The molecule has 0 amide bonds. The van der Waals surface area contributed by atoms with E-state index < -0.39 is 5.60 Å². The number of hydrogen-bond donors (Lipinski definition) is 0. The molecule has 2 aliphatic heterocycles. The second kappa shape index (κ2) is 10.2. The summed E-state index contributed by atoms with van der Waals surface area (Å²) in [5.74, 6) is 6.80. The summed E-state index contributed by atoms with van der Waals surface area (Å²) in [4.78, 5) is 14.4. The molecule has 4 unspecified atom stereocenters. The predicted octanol–water partition coefficient (Wildman–Crippen LogP) is 6.18. The summed E-state index contributed by atoms with van der Waals surface area (Å²) in [7, 11) is 4.08. The number of anilines is 1. The molecular weight excluding hydrogens is 477 g/mol. The first-order valence-corrected chi connectivity index (χ1v) is 13.7. The zero-order valence-corrected chi connectivity index (χ0v) is 22.1. The summed E-state index contributed by atoms with van der Waals surface area (Å²) in [6.45, 7) is 1.12. The molecule has 2 heterocycles. The number of carbonyl (C=O) groups excluding carboxylic acids is 1. The van der Waals surface area contributed by atoms with Crippen molar-refractivity contribution in [2.24, 2.45) is 11.8 Å². The molecule has 2 fully saturated rings. The monoisotopic (exact) mass is 511 g/mol. The van der Waals surface area contributed by atoms with Gasteiger partial charge in [-0.2, -0.15) is 0 Å². The van der Waals surface area contributed by atoms with Crippen molar-refractivity contribution in [2.75, 3.05) is 32.2 Å². The number of rotatable bonds is 3. The Morgan fingerprint density at radius 3 is 2.66 bits per heavy atom. The van der Waals surface area contributed by atoms with E-state index in [2.05, 4.69) is 41.0 Å². The summed E-state index contributed by atoms with van der Waals surface area (Å²) in [6.07, 6.45) is 6.36. The van der Waals surface area contributed by atoms with Gasteiger partial charge < -0.3 is 14.4 Å². The molecule has 0 spiro atoms. The fraction of sp³-hybridized carbons (Fsp3) is 0.424. The van der Waals surface area contributed by atoms with Crippen molar-refractivity contribution in [1.29, 1.82) is 0 Å². The molecule has 2 saturated heterocycles. The molecule has 0 aromatic heterocycles. The maximum Gasteiger partial charge on any atom is 0.156 e. The SMILES string of the molecule is CN(C)c1ccc(C2OCC3(CC#Cc4ccccc4F)OCCC3C3CCC4=CC(=O)CCC4=C23)cc1. The number of allylic oxidation sites excluding steroid dienone is 3. The summed E-state index contributed by atoms with van der Waals surface area (Å²) in [5, 5.41) is 0. The first-order valence-electron chi connectivity index (χ1n) is 13.7. The Bertz CT molecular complexity index is 1360. The molecule has 4 atom stereocenters. The minimum absolute atomic E-state index is 0.186. The van der Waals surface area contributed by atoms with Crippen LogP contribution in [0.3, 0.4) is 0 Å². The molecular formula is C33H34FNO3. The van der Waals surface area contributed by atoms with Crippen molar-refractivity contribution in [2.45, 2.75) is 50.2 Å². The smallest absolute Gasteiger partial charge is 0.156 e. The van der Waals surface area contributed by atoms with Gasteiger partial charge in [0.25, 0.3) is 0 Å². The number of fused-ring (bicyclic) bond motifs is 4. The van der Waals surface area contributed by atoms with Gasteiger partial charge >= 0.3 is 0 Å². The molecule has 0 bridgehead atoms. The van der Waals surface area contributed by atoms with E-state index in [1.54, 1.807) is 12.1 Å². The number of halogens is 1. The molecule has 2 aromatic rings. The number of ketones is 1. The lowest BCUT2D eigenvalue weighted by atomic mass is 9.65. The molecule has 5 heteroatoms. The average molecular weight is 512 g/mol. The van der Waals surface area contributed by atoms with Crippen LogP contribution in [-0.4, -0.2) is 38.7 Å². The van der Waals surface area contributed by atoms with Crippen LogP contribution in [0.4, 0.5) is 10.1 Å². The highest BCUT2D eigenvalue weighted by Gasteiger charge is 2.53. The van der Waals surface area contributed by atoms with Crippen molar-refractivity contribution in [3.63, 3.8) is 0 Å². The second-order valence-electron chi connectivity index (χ2n) is 11.2. The van der Waals surface area contributed by atoms with Crippen LogP contribution in [0.1, 0.15) is 55.8 Å². The van der Waals surface area contributed by atoms with Crippen LogP contribution in [-0.2, 0) is 14.3 Å². The average Bonchev–Trinajstić information content (AvgIpc) is 3.27. The van der Waals surface area contributed by atoms with Gasteiger partial charge in [-0.1, -0.05) is 36.1 Å². The van der Waals surface area contributed by atoms with E-state index in [0.29, 0.717) is 37.5 Å². The van der Waals surface area contributed by atoms with Crippen LogP contribution in [0.15, 0.2) is 71.3 Å². The van der Waals surface area contributed by atoms with Crippen LogP contribution < -0.4 is 4.90 Å². The lowest BCUT2D eigenvalue weighted by Crippen LogP contribution is -2.42. The molecule has 0 radical (unpaired) electrons. The lowest BCUT2D eigenvalue weighted by Gasteiger charge is -2.39. The van der Waals surface area contributed by atoms with Crippen molar-refractivity contribution in [1.82, 2.24) is 0 Å². The van der Waals surface area contributed by atoms with Crippen LogP contribution in [0, 0.1) is 29.5 Å². The predicted molar refractivity (Wildman–Crippen MR) is 146 cm³/mol. The number of hydrogen-bond acceptors (Lipinski definition) is 4. The number of nitrogens with zero attached hydrogens (tertiary/aromatic N) is 1. The Hall–Kier alpha value is -3.20. The topological polar surface area (TPSA) is 38.8 Å². The number of benzene rings is 2. The third kappa shape index (κ3) is 4.51. The van der Waals surface area contributed by atoms with Crippen LogP contribution in [0.2, 0.25) is 0 Å². The van der Waals surface area contributed by atoms with Gasteiger partial charge in [0.1, 0.15) is 17.5 Å². The normalized spacial score (nSPS) is 28.3. The van der Waals surface area contributed by atoms with Crippen LogP contribution in [0.25, 0.3) is 0 Å². The van der Waals surface area contributed by atoms with E-state index in [1.165, 1.54) is 22.8 Å². The van der Waals surface area contributed by atoms with Crippen LogP contribution >= 0.6 is 0 Å². The summed E-state index contributed by atoms with van der Waals surface area (Å²) < 4.78 is 27.6. The zero-order chi connectivity index (χ0) is 26.3. The first-order chi connectivity index (χ1) is 18.4. The molecule has 4 nitrogen and oxygen atoms in total. The van der Waals surface area contributed by atoms with Crippen molar-refractivity contribution >= 4 is 11.5 Å². The Morgan fingerprint density at radius 2 is 1.87 bits per heavy atom. The molecule has 2 aromatic carbocycles. The quantitative estimate of drug-likeness (QED) is 0.462. The lowest BCUT2D eigenvalue weighted by molar-refractivity contribution is -0.114. The highest BCUT2D eigenvalue weighted by Crippen LogP contribution is 2.55. The standard InChI is InChI=1S/C33H34FNO3/c1-35(2)25-12-9-23(10-13-25)32-31-27-16-14-26(36)20-24(27)11-15-28(31)29-17-19-38-33(29,21-37-32)18-5-7-22-6-3-4-8-30(22)34/h3-4,6,8-10,12-13,20,28-29,32H,11,14-19,21H2,1-2H3. The fourth-order valence-electron chi connectivity index (χ4n) is 6.87. The number of ether oxygens (including phenoxy) is 2. The minimum atomic E-state index is -0.529. The second-order valence-corrected chi connectivity index (χ2v) is 11.2. The maximum atomic E-state index is 14.2. The van der Waals surface area contributed by atoms with Gasteiger partial charge in [-0.15, -0.1) is 0 Å². The Kier molecular flexibility index (Phi) is 6.72. The van der Waals surface area contributed by atoms with Crippen molar-refractivity contribution < 1.29 is 18.7 Å². The first kappa shape index (κ1) is 25.1. The molecule has 4 aliphatic rings. The summed E-state index contributed by atoms with van der Waals surface area (Å²) in [5.41, 5.74) is 6.01. The van der Waals surface area contributed by atoms with Gasteiger partial charge in [0, 0.05) is 39.2 Å². The molecule has 0 N–H and O–H groups in total. The maximum absolute atomic E-state index is 14.2. The largest absolute Gasteiger partial charge is 0.378 e. The highest BCUT2D eigenvalue weighted by molar-refractivity contribution is 5.93. The van der Waals surface area contributed by atoms with Crippen molar-refractivity contribution in [3.05, 3.63) is 88.3 Å². The van der Waals surface area contributed by atoms with E-state index in [4.69, 9.17) is 9.47 Å². The minimum Gasteiger partial charge on any atom is -0.378 e. The molecule has 0 saturated carbocycles. The summed E-state index contributed by atoms with van der Waals surface area (Å²) >= 11 is 0. The Morgan fingerprint density at radius 1 is 1.05 bits per heavy atom. The number of carbonyl (C=O) groups is 1. The van der Waals surface area contributed by atoms with Crippen LogP contribution in [0.5, 0.6) is 0 Å². The molecule has 6 rings (SSSR count).